The molecule has 1 heterocycles. The monoisotopic (exact) mass is 305 g/mol. The Balaban J connectivity index is 2.33. The molecule has 114 valence electrons. The van der Waals surface area contributed by atoms with Crippen LogP contribution in [0.2, 0.25) is 0 Å². The highest BCUT2D eigenvalue weighted by molar-refractivity contribution is 7.11. The maximum Gasteiger partial charge on any atom is 0.149 e. The van der Waals surface area contributed by atoms with Crippen LogP contribution in [0.3, 0.4) is 0 Å². The zero-order valence-corrected chi connectivity index (χ0v) is 13.9. The van der Waals surface area contributed by atoms with Gasteiger partial charge in [0, 0.05) is 7.11 Å². The number of nitrogens with zero attached hydrogens (tertiary/aromatic N) is 2. The molecule has 0 saturated heterocycles. The summed E-state index contributed by atoms with van der Waals surface area (Å²) in [6.07, 6.45) is 0.870. The molecule has 2 aromatic rings. The molecule has 21 heavy (non-hydrogen) atoms. The fraction of sp³-hybridized carbons (Fsp3) is 0.500. The van der Waals surface area contributed by atoms with Gasteiger partial charge in [0.1, 0.15) is 15.6 Å². The summed E-state index contributed by atoms with van der Waals surface area (Å²) in [5.74, 6) is 0. The molecule has 1 aromatic heterocycles. The second-order valence-electron chi connectivity index (χ2n) is 5.14. The lowest BCUT2D eigenvalue weighted by atomic mass is 10.1. The minimum absolute atomic E-state index is 0.0837. The molecule has 0 saturated carbocycles. The minimum atomic E-state index is -0.358. The van der Waals surface area contributed by atoms with Crippen LogP contribution in [0.15, 0.2) is 30.3 Å². The van der Waals surface area contributed by atoms with Gasteiger partial charge in [0.2, 0.25) is 0 Å². The van der Waals surface area contributed by atoms with Gasteiger partial charge in [-0.25, -0.2) is 0 Å². The first kappa shape index (κ1) is 16.1. The van der Waals surface area contributed by atoms with E-state index in [1.807, 2.05) is 18.2 Å². The van der Waals surface area contributed by atoms with Crippen LogP contribution < -0.4 is 5.32 Å². The van der Waals surface area contributed by atoms with Crippen molar-refractivity contribution in [1.82, 2.24) is 15.5 Å². The van der Waals surface area contributed by atoms with E-state index >= 15 is 0 Å². The largest absolute Gasteiger partial charge is 0.371 e. The average molecular weight is 305 g/mol. The van der Waals surface area contributed by atoms with Gasteiger partial charge in [-0.2, -0.15) is 0 Å². The first-order chi connectivity index (χ1) is 10.1. The molecule has 5 heteroatoms. The Labute approximate surface area is 130 Å². The van der Waals surface area contributed by atoms with Gasteiger partial charge in [-0.05, 0) is 25.5 Å². The third kappa shape index (κ3) is 3.48. The van der Waals surface area contributed by atoms with Crippen molar-refractivity contribution in [3.63, 3.8) is 0 Å². The van der Waals surface area contributed by atoms with Crippen LogP contribution in [0, 0.1) is 0 Å². The zero-order valence-electron chi connectivity index (χ0n) is 13.1. The van der Waals surface area contributed by atoms with Crippen molar-refractivity contribution < 1.29 is 4.74 Å². The molecule has 2 rings (SSSR count). The Morgan fingerprint density at radius 3 is 2.52 bits per heavy atom. The Bertz CT molecular complexity index is 552. The van der Waals surface area contributed by atoms with Crippen LogP contribution >= 0.6 is 11.3 Å². The molecule has 0 amide bonds. The molecule has 0 aliphatic carbocycles. The maximum atomic E-state index is 5.62. The summed E-state index contributed by atoms with van der Waals surface area (Å²) in [5.41, 5.74) is 0.848. The predicted octanol–water partition coefficient (Wildman–Crippen LogP) is 3.51. The zero-order chi connectivity index (χ0) is 15.3. The predicted molar refractivity (Wildman–Crippen MR) is 86.5 cm³/mol. The van der Waals surface area contributed by atoms with E-state index in [9.17, 15) is 0 Å². The molecule has 0 fully saturated rings. The van der Waals surface area contributed by atoms with Gasteiger partial charge in [-0.1, -0.05) is 55.5 Å². The number of ether oxygens (including phenoxy) is 1. The van der Waals surface area contributed by atoms with Crippen LogP contribution in [0.25, 0.3) is 0 Å². The summed E-state index contributed by atoms with van der Waals surface area (Å²) < 4.78 is 5.62. The lowest BCUT2D eigenvalue weighted by Crippen LogP contribution is -2.23. The van der Waals surface area contributed by atoms with Gasteiger partial charge in [0.15, 0.2) is 0 Å². The first-order valence-corrected chi connectivity index (χ1v) is 8.13. The third-order valence-corrected chi connectivity index (χ3v) is 5.04. The highest BCUT2D eigenvalue weighted by Gasteiger charge is 2.30. The summed E-state index contributed by atoms with van der Waals surface area (Å²) in [6.45, 7) is 7.14. The standard InChI is InChI=1S/C16H23N3OS/c1-5-16(3,20-4)15-19-18-14(21-15)13(17-6-2)12-10-8-7-9-11-12/h7-11,13,17H,5-6H2,1-4H3. The highest BCUT2D eigenvalue weighted by atomic mass is 32.1. The topological polar surface area (TPSA) is 47.0 Å². The van der Waals surface area contributed by atoms with Gasteiger partial charge in [-0.15, -0.1) is 10.2 Å². The molecule has 2 atom stereocenters. The average Bonchev–Trinajstić information content (AvgIpc) is 3.03. The molecule has 0 aliphatic heterocycles. The van der Waals surface area contributed by atoms with E-state index in [2.05, 4.69) is 48.4 Å². The summed E-state index contributed by atoms with van der Waals surface area (Å²) in [5, 5.41) is 14.2. The number of hydrogen-bond acceptors (Lipinski definition) is 5. The van der Waals surface area contributed by atoms with Crippen LogP contribution in [-0.2, 0) is 10.3 Å². The first-order valence-electron chi connectivity index (χ1n) is 7.32. The van der Waals surface area contributed by atoms with Crippen LogP contribution in [0.1, 0.15) is 48.8 Å². The van der Waals surface area contributed by atoms with Crippen molar-refractivity contribution in [1.29, 1.82) is 0 Å². The van der Waals surface area contributed by atoms with Crippen molar-refractivity contribution >= 4 is 11.3 Å². The number of hydrogen-bond donors (Lipinski definition) is 1. The van der Waals surface area contributed by atoms with Gasteiger partial charge in [-0.3, -0.25) is 0 Å². The van der Waals surface area contributed by atoms with Crippen molar-refractivity contribution in [2.45, 2.75) is 38.8 Å². The SMILES string of the molecule is CCNC(c1ccccc1)c1nnc(C(C)(CC)OC)s1. The number of nitrogens with one attached hydrogen (secondary N) is 1. The van der Waals surface area contributed by atoms with Crippen LogP contribution in [0.4, 0.5) is 0 Å². The summed E-state index contributed by atoms with van der Waals surface area (Å²) in [7, 11) is 1.73. The van der Waals surface area contributed by atoms with E-state index in [-0.39, 0.29) is 11.6 Å². The van der Waals surface area contributed by atoms with Crippen LogP contribution in [0.5, 0.6) is 0 Å². The Kier molecular flexibility index (Phi) is 5.45. The van der Waals surface area contributed by atoms with Gasteiger partial charge in [0.05, 0.1) is 6.04 Å². The van der Waals surface area contributed by atoms with E-state index in [1.54, 1.807) is 18.4 Å². The number of benzene rings is 1. The molecule has 0 bridgehead atoms. The van der Waals surface area contributed by atoms with E-state index in [4.69, 9.17) is 4.74 Å². The van der Waals surface area contributed by atoms with Crippen molar-refractivity contribution in [2.24, 2.45) is 0 Å². The van der Waals surface area contributed by atoms with E-state index in [0.717, 1.165) is 23.0 Å². The fourth-order valence-electron chi connectivity index (χ4n) is 2.15. The summed E-state index contributed by atoms with van der Waals surface area (Å²) in [6, 6.07) is 10.4. The highest BCUT2D eigenvalue weighted by Crippen LogP contribution is 2.33. The van der Waals surface area contributed by atoms with Crippen molar-refractivity contribution in [3.8, 4) is 0 Å². The molecule has 1 aromatic carbocycles. The number of aromatic nitrogens is 2. The minimum Gasteiger partial charge on any atom is -0.371 e. The normalized spacial score (nSPS) is 15.6. The number of methoxy groups -OCH3 is 1. The molecule has 0 aliphatic rings. The molecular formula is C16H23N3OS. The molecule has 0 spiro atoms. The molecule has 4 nitrogen and oxygen atoms in total. The lowest BCUT2D eigenvalue weighted by Gasteiger charge is -2.23. The molecule has 0 radical (unpaired) electrons. The second-order valence-corrected chi connectivity index (χ2v) is 6.14. The number of rotatable bonds is 7. The van der Waals surface area contributed by atoms with Crippen LogP contribution in [-0.4, -0.2) is 23.9 Å². The van der Waals surface area contributed by atoms with Crippen molar-refractivity contribution in [3.05, 3.63) is 45.9 Å². The summed E-state index contributed by atoms with van der Waals surface area (Å²) >= 11 is 1.62. The smallest absolute Gasteiger partial charge is 0.149 e. The van der Waals surface area contributed by atoms with E-state index in [0.29, 0.717) is 0 Å². The molecular weight excluding hydrogens is 282 g/mol. The maximum absolute atomic E-state index is 5.62. The Morgan fingerprint density at radius 1 is 1.24 bits per heavy atom. The Hall–Kier alpha value is -1.30. The Morgan fingerprint density at radius 2 is 1.95 bits per heavy atom. The van der Waals surface area contributed by atoms with Gasteiger partial charge < -0.3 is 10.1 Å². The molecule has 2 unspecified atom stereocenters. The fourth-order valence-corrected chi connectivity index (χ4v) is 3.29. The van der Waals surface area contributed by atoms with Gasteiger partial charge in [0.25, 0.3) is 0 Å². The third-order valence-electron chi connectivity index (χ3n) is 3.81. The van der Waals surface area contributed by atoms with Crippen molar-refractivity contribution in [2.75, 3.05) is 13.7 Å². The van der Waals surface area contributed by atoms with E-state index in [1.165, 1.54) is 5.56 Å². The quantitative estimate of drug-likeness (QED) is 0.850. The lowest BCUT2D eigenvalue weighted by molar-refractivity contribution is -0.00207. The van der Waals surface area contributed by atoms with Gasteiger partial charge >= 0.3 is 0 Å². The van der Waals surface area contributed by atoms with E-state index < -0.39 is 0 Å². The molecule has 1 N–H and O–H groups in total. The second kappa shape index (κ2) is 7.11. The summed E-state index contributed by atoms with van der Waals surface area (Å²) in [4.78, 5) is 0.